The molecule has 0 atom stereocenters. The summed E-state index contributed by atoms with van der Waals surface area (Å²) in [6.07, 6.45) is 0. The van der Waals surface area contributed by atoms with Crippen molar-refractivity contribution in [1.29, 1.82) is 0 Å². The van der Waals surface area contributed by atoms with Crippen molar-refractivity contribution in [3.63, 3.8) is 0 Å². The second-order valence-corrected chi connectivity index (χ2v) is 5.25. The lowest BCUT2D eigenvalue weighted by Gasteiger charge is -2.04. The Kier molecular flexibility index (Phi) is 8.69. The molecule has 1 aromatic heterocycles. The molecule has 0 spiro atoms. The van der Waals surface area contributed by atoms with Crippen LogP contribution in [0.2, 0.25) is 0 Å². The van der Waals surface area contributed by atoms with E-state index in [1.807, 2.05) is 36.4 Å². The molecule has 5 nitrogen and oxygen atoms in total. The van der Waals surface area contributed by atoms with Crippen LogP contribution in [0.3, 0.4) is 0 Å². The first-order valence-corrected chi connectivity index (χ1v) is 7.58. The minimum absolute atomic E-state index is 0. The van der Waals surface area contributed by atoms with Gasteiger partial charge in [0.15, 0.2) is 0 Å². The number of hydrogen-bond acceptors (Lipinski definition) is 5. The van der Waals surface area contributed by atoms with Crippen molar-refractivity contribution in [1.82, 2.24) is 15.0 Å². The van der Waals surface area contributed by atoms with Crippen LogP contribution in [0.4, 0.5) is 0 Å². The highest BCUT2D eigenvalue weighted by Crippen LogP contribution is 2.21. The van der Waals surface area contributed by atoms with Gasteiger partial charge in [-0.2, -0.15) is 4.37 Å². The predicted molar refractivity (Wildman–Crippen MR) is 91.9 cm³/mol. The molecule has 0 unspecified atom stereocenters. The molecule has 1 aromatic carbocycles. The summed E-state index contributed by atoms with van der Waals surface area (Å²) in [5.74, 6) is -0.0803. The fraction of sp³-hybridized carbons (Fsp3) is 0.333. The van der Waals surface area contributed by atoms with E-state index in [1.54, 1.807) is 7.11 Å². The summed E-state index contributed by atoms with van der Waals surface area (Å²) in [7, 11) is 1.66. The number of methoxy groups -OCH3 is 1. The molecule has 0 saturated heterocycles. The molecular formula is C15H20ClN3O2S. The Labute approximate surface area is 140 Å². The Morgan fingerprint density at radius 2 is 2.00 bits per heavy atom. The van der Waals surface area contributed by atoms with Gasteiger partial charge in [0, 0.05) is 32.3 Å². The summed E-state index contributed by atoms with van der Waals surface area (Å²) in [4.78, 5) is 12.6. The molecule has 0 aliphatic heterocycles. The Bertz CT molecular complexity index is 563. The number of carbonyl (C=O) groups excluding carboxylic acids is 1. The Morgan fingerprint density at radius 3 is 2.73 bits per heavy atom. The third-order valence-corrected chi connectivity index (χ3v) is 3.66. The number of amides is 1. The van der Waals surface area contributed by atoms with E-state index in [4.69, 9.17) is 4.74 Å². The zero-order valence-electron chi connectivity index (χ0n) is 12.4. The molecule has 0 aliphatic carbocycles. The summed E-state index contributed by atoms with van der Waals surface area (Å²) in [6, 6.07) is 11.7. The van der Waals surface area contributed by atoms with Crippen LogP contribution in [-0.2, 0) is 4.74 Å². The van der Waals surface area contributed by atoms with Gasteiger partial charge in [-0.3, -0.25) is 4.79 Å². The highest BCUT2D eigenvalue weighted by atomic mass is 35.5. The zero-order valence-corrected chi connectivity index (χ0v) is 14.0. The van der Waals surface area contributed by atoms with Crippen molar-refractivity contribution in [3.05, 3.63) is 41.3 Å². The maximum Gasteiger partial charge on any atom is 0.263 e. The van der Waals surface area contributed by atoms with Crippen molar-refractivity contribution in [2.75, 3.05) is 33.4 Å². The van der Waals surface area contributed by atoms with Gasteiger partial charge in [0.25, 0.3) is 5.91 Å². The Balaban J connectivity index is 0.00000242. The second-order valence-electron chi connectivity index (χ2n) is 4.44. The Hall–Kier alpha value is -1.47. The van der Waals surface area contributed by atoms with E-state index in [0.29, 0.717) is 18.0 Å². The smallest absolute Gasteiger partial charge is 0.263 e. The van der Waals surface area contributed by atoms with Gasteiger partial charge in [0.1, 0.15) is 4.88 Å². The third-order valence-electron chi connectivity index (χ3n) is 2.87. The van der Waals surface area contributed by atoms with Gasteiger partial charge >= 0.3 is 0 Å². The van der Waals surface area contributed by atoms with Crippen LogP contribution in [-0.4, -0.2) is 43.6 Å². The van der Waals surface area contributed by atoms with Crippen molar-refractivity contribution >= 4 is 29.8 Å². The van der Waals surface area contributed by atoms with Crippen LogP contribution in [0.5, 0.6) is 0 Å². The van der Waals surface area contributed by atoms with Gasteiger partial charge in [-0.25, -0.2) is 0 Å². The quantitative estimate of drug-likeness (QED) is 0.722. The maximum atomic E-state index is 12.0. The number of nitrogens with one attached hydrogen (secondary N) is 2. The van der Waals surface area contributed by atoms with Crippen LogP contribution in [0.1, 0.15) is 9.67 Å². The second kappa shape index (κ2) is 10.3. The number of rotatable bonds is 8. The van der Waals surface area contributed by atoms with Gasteiger partial charge in [-0.05, 0) is 17.6 Å². The molecule has 2 rings (SSSR count). The third kappa shape index (κ3) is 5.73. The standard InChI is InChI=1S/C15H19N3O2S.ClH/c1-20-10-9-16-7-8-17-15(19)14-11-13(18-21-14)12-5-3-2-4-6-12;/h2-6,11,16H,7-10H2,1H3,(H,17,19);1H. The molecule has 120 valence electrons. The zero-order chi connectivity index (χ0) is 14.9. The molecule has 0 aliphatic rings. The summed E-state index contributed by atoms with van der Waals surface area (Å²) in [5.41, 5.74) is 1.86. The van der Waals surface area contributed by atoms with E-state index >= 15 is 0 Å². The fourth-order valence-electron chi connectivity index (χ4n) is 1.78. The minimum Gasteiger partial charge on any atom is -0.383 e. The van der Waals surface area contributed by atoms with Gasteiger partial charge in [0.05, 0.1) is 12.3 Å². The molecule has 0 bridgehead atoms. The van der Waals surface area contributed by atoms with E-state index in [-0.39, 0.29) is 18.3 Å². The number of aromatic nitrogens is 1. The Morgan fingerprint density at radius 1 is 1.23 bits per heavy atom. The first-order valence-electron chi connectivity index (χ1n) is 6.81. The van der Waals surface area contributed by atoms with E-state index in [9.17, 15) is 4.79 Å². The number of ether oxygens (including phenoxy) is 1. The minimum atomic E-state index is -0.0803. The summed E-state index contributed by atoms with van der Waals surface area (Å²) in [6.45, 7) is 2.76. The number of hydrogen-bond donors (Lipinski definition) is 2. The summed E-state index contributed by atoms with van der Waals surface area (Å²) in [5, 5.41) is 6.04. The molecule has 1 amide bonds. The van der Waals surface area contributed by atoms with Gasteiger partial charge in [-0.1, -0.05) is 30.3 Å². The highest BCUT2D eigenvalue weighted by molar-refractivity contribution is 7.08. The van der Waals surface area contributed by atoms with Crippen LogP contribution in [0.25, 0.3) is 11.3 Å². The molecule has 2 N–H and O–H groups in total. The molecule has 0 radical (unpaired) electrons. The van der Waals surface area contributed by atoms with Crippen LogP contribution < -0.4 is 10.6 Å². The molecule has 1 heterocycles. The summed E-state index contributed by atoms with van der Waals surface area (Å²) >= 11 is 1.22. The number of benzene rings is 1. The molecule has 0 fully saturated rings. The SMILES string of the molecule is COCCNCCNC(=O)c1cc(-c2ccccc2)ns1.Cl. The first-order chi connectivity index (χ1) is 10.3. The lowest BCUT2D eigenvalue weighted by molar-refractivity contribution is 0.0957. The van der Waals surface area contributed by atoms with Crippen LogP contribution in [0.15, 0.2) is 36.4 Å². The largest absolute Gasteiger partial charge is 0.383 e. The van der Waals surface area contributed by atoms with E-state index < -0.39 is 0 Å². The van der Waals surface area contributed by atoms with Crippen molar-refractivity contribution in [3.8, 4) is 11.3 Å². The maximum absolute atomic E-state index is 12.0. The average Bonchev–Trinajstić information content (AvgIpc) is 3.01. The van der Waals surface area contributed by atoms with E-state index in [2.05, 4.69) is 15.0 Å². The first kappa shape index (κ1) is 18.6. The predicted octanol–water partition coefficient (Wildman–Crippen LogP) is 2.20. The van der Waals surface area contributed by atoms with Crippen LogP contribution in [0, 0.1) is 0 Å². The topological polar surface area (TPSA) is 63.2 Å². The van der Waals surface area contributed by atoms with E-state index in [1.165, 1.54) is 11.5 Å². The van der Waals surface area contributed by atoms with Gasteiger partial charge in [0.2, 0.25) is 0 Å². The average molecular weight is 342 g/mol. The molecule has 7 heteroatoms. The fourth-order valence-corrected chi connectivity index (χ4v) is 2.45. The van der Waals surface area contributed by atoms with E-state index in [0.717, 1.165) is 24.3 Å². The number of halogens is 1. The number of nitrogens with zero attached hydrogens (tertiary/aromatic N) is 1. The normalized spacial score (nSPS) is 10.0. The highest BCUT2D eigenvalue weighted by Gasteiger charge is 2.10. The molecule has 2 aromatic rings. The van der Waals surface area contributed by atoms with Crippen LogP contribution >= 0.6 is 23.9 Å². The molecule has 0 saturated carbocycles. The molecule has 22 heavy (non-hydrogen) atoms. The lowest BCUT2D eigenvalue weighted by atomic mass is 10.1. The monoisotopic (exact) mass is 341 g/mol. The van der Waals surface area contributed by atoms with Crippen molar-refractivity contribution < 1.29 is 9.53 Å². The van der Waals surface area contributed by atoms with Gasteiger partial charge in [-0.15, -0.1) is 12.4 Å². The number of carbonyl (C=O) groups is 1. The van der Waals surface area contributed by atoms with Crippen molar-refractivity contribution in [2.45, 2.75) is 0 Å². The van der Waals surface area contributed by atoms with Gasteiger partial charge < -0.3 is 15.4 Å². The molecular weight excluding hydrogens is 322 g/mol. The van der Waals surface area contributed by atoms with Crippen molar-refractivity contribution in [2.24, 2.45) is 0 Å². The summed E-state index contributed by atoms with van der Waals surface area (Å²) < 4.78 is 9.25. The lowest BCUT2D eigenvalue weighted by Crippen LogP contribution is -2.32.